The van der Waals surface area contributed by atoms with Gasteiger partial charge in [-0.25, -0.2) is 19.4 Å². The fourth-order valence-electron chi connectivity index (χ4n) is 8.04. The van der Waals surface area contributed by atoms with Crippen LogP contribution in [0.1, 0.15) is 88.4 Å². The Morgan fingerprint density at radius 3 is 2.70 bits per heavy atom. The van der Waals surface area contributed by atoms with Gasteiger partial charge in [-0.15, -0.1) is 5.10 Å². The van der Waals surface area contributed by atoms with Gasteiger partial charge in [-0.2, -0.15) is 0 Å². The summed E-state index contributed by atoms with van der Waals surface area (Å²) < 4.78 is 13.9. The van der Waals surface area contributed by atoms with Crippen LogP contribution in [-0.4, -0.2) is 62.7 Å². The lowest BCUT2D eigenvalue weighted by molar-refractivity contribution is -0.0368. The van der Waals surface area contributed by atoms with Crippen molar-refractivity contribution in [3.63, 3.8) is 0 Å². The van der Waals surface area contributed by atoms with E-state index in [0.717, 1.165) is 112 Å². The first-order chi connectivity index (χ1) is 22.8. The molecule has 6 heterocycles. The van der Waals surface area contributed by atoms with Gasteiger partial charge in [0.05, 0.1) is 23.6 Å². The van der Waals surface area contributed by atoms with Crippen LogP contribution in [0, 0.1) is 5.41 Å². The number of amides is 1. The largest absolute Gasteiger partial charge is 0.444 e. The molecule has 11 nitrogen and oxygen atoms in total. The molecule has 1 amide bonds. The number of piperidine rings is 1. The Morgan fingerprint density at radius 2 is 1.89 bits per heavy atom. The quantitative estimate of drug-likeness (QED) is 0.272. The molecule has 2 fully saturated rings. The molecule has 47 heavy (non-hydrogen) atoms. The minimum atomic E-state index is -0.556. The SMILES string of the molecule is CC(C)(C)OC(=O)N[C@@H]1c2ccccc2CC12CCN(c1cnc3c(N4CCCc5ncccc54)nn(C4CCCCO4)c3n1)CC2. The lowest BCUT2D eigenvalue weighted by atomic mass is 9.72. The molecular formula is C36H44N8O3. The summed E-state index contributed by atoms with van der Waals surface area (Å²) in [6.45, 7) is 8.91. The number of alkyl carbamates (subject to hydrolysis) is 1. The first-order valence-electron chi connectivity index (χ1n) is 17.2. The second kappa shape index (κ2) is 11.8. The Labute approximate surface area is 275 Å². The predicted molar refractivity (Wildman–Crippen MR) is 180 cm³/mol. The van der Waals surface area contributed by atoms with Crippen LogP contribution in [0.4, 0.5) is 22.1 Å². The standard InChI is InChI=1S/C36H44N8O3/c1-35(2,3)47-34(45)40-31-25-11-5-4-10-24(25)22-36(31)15-19-42(20-16-36)28-23-38-30-32(39-28)44(29-14-6-7-21-46-29)41-33(30)43-18-9-12-26-27(43)13-8-17-37-26/h4-5,8,10-11,13,17,23,29,31H,6-7,9,12,14-16,18-22H2,1-3H3,(H,40,45)/t29?,31-/m1/s1. The molecule has 0 bridgehead atoms. The van der Waals surface area contributed by atoms with E-state index in [-0.39, 0.29) is 23.8 Å². The van der Waals surface area contributed by atoms with E-state index in [9.17, 15) is 4.79 Å². The van der Waals surface area contributed by atoms with Gasteiger partial charge in [0.2, 0.25) is 0 Å². The molecule has 4 aliphatic rings. The molecule has 8 rings (SSSR count). The van der Waals surface area contributed by atoms with Crippen molar-refractivity contribution in [2.45, 2.75) is 90.0 Å². The summed E-state index contributed by atoms with van der Waals surface area (Å²) in [5.74, 6) is 1.67. The number of hydrogen-bond donors (Lipinski definition) is 1. The third kappa shape index (κ3) is 5.58. The number of carbonyl (C=O) groups excluding carboxylic acids is 1. The average molecular weight is 637 g/mol. The Morgan fingerprint density at radius 1 is 1.04 bits per heavy atom. The maximum Gasteiger partial charge on any atom is 0.408 e. The number of aryl methyl sites for hydroxylation is 1. The third-order valence-electron chi connectivity index (χ3n) is 10.3. The van der Waals surface area contributed by atoms with E-state index >= 15 is 0 Å². The number of pyridine rings is 1. The summed E-state index contributed by atoms with van der Waals surface area (Å²) in [6, 6.07) is 12.5. The summed E-state index contributed by atoms with van der Waals surface area (Å²) in [7, 11) is 0. The number of benzene rings is 1. The van der Waals surface area contributed by atoms with Crippen molar-refractivity contribution in [2.75, 3.05) is 36.0 Å². The maximum absolute atomic E-state index is 13.0. The van der Waals surface area contributed by atoms with Gasteiger partial charge in [0.1, 0.15) is 11.4 Å². The Kier molecular flexibility index (Phi) is 7.54. The van der Waals surface area contributed by atoms with Crippen molar-refractivity contribution in [3.05, 3.63) is 65.6 Å². The number of nitrogens with one attached hydrogen (secondary N) is 1. The average Bonchev–Trinajstić information content (AvgIpc) is 3.59. The number of nitrogens with zero attached hydrogens (tertiary/aromatic N) is 7. The molecule has 2 saturated heterocycles. The highest BCUT2D eigenvalue weighted by Crippen LogP contribution is 2.52. The molecule has 1 aromatic carbocycles. The fraction of sp³-hybridized carbons (Fsp3) is 0.528. The number of hydrogen-bond acceptors (Lipinski definition) is 9. The number of rotatable bonds is 4. The molecule has 0 saturated carbocycles. The van der Waals surface area contributed by atoms with Crippen molar-refractivity contribution in [2.24, 2.45) is 5.41 Å². The second-order valence-electron chi connectivity index (χ2n) is 14.5. The van der Waals surface area contributed by atoms with Gasteiger partial charge in [0.25, 0.3) is 0 Å². The Hall–Kier alpha value is -4.25. The van der Waals surface area contributed by atoms with Crippen LogP contribution in [0.5, 0.6) is 0 Å². The van der Waals surface area contributed by atoms with Gasteiger partial charge in [-0.1, -0.05) is 24.3 Å². The fourth-order valence-corrected chi connectivity index (χ4v) is 8.04. The molecule has 1 aliphatic carbocycles. The highest BCUT2D eigenvalue weighted by atomic mass is 16.6. The minimum Gasteiger partial charge on any atom is -0.444 e. The molecule has 246 valence electrons. The van der Waals surface area contributed by atoms with Crippen molar-refractivity contribution in [1.29, 1.82) is 0 Å². The maximum atomic E-state index is 13.0. The molecule has 1 unspecified atom stereocenters. The highest BCUT2D eigenvalue weighted by molar-refractivity contribution is 5.88. The first-order valence-corrected chi connectivity index (χ1v) is 17.2. The van der Waals surface area contributed by atoms with Gasteiger partial charge in [0.15, 0.2) is 23.2 Å². The van der Waals surface area contributed by atoms with Crippen LogP contribution in [-0.2, 0) is 22.3 Å². The molecule has 3 aliphatic heterocycles. The lowest BCUT2D eigenvalue weighted by Crippen LogP contribution is -2.48. The molecule has 2 atom stereocenters. The molecule has 4 aromatic rings. The van der Waals surface area contributed by atoms with Crippen LogP contribution < -0.4 is 15.1 Å². The topological polar surface area (TPSA) is 111 Å². The van der Waals surface area contributed by atoms with Gasteiger partial charge < -0.3 is 24.6 Å². The van der Waals surface area contributed by atoms with Crippen LogP contribution in [0.25, 0.3) is 11.2 Å². The molecule has 0 radical (unpaired) electrons. The number of fused-ring (bicyclic) bond motifs is 3. The zero-order chi connectivity index (χ0) is 32.2. The number of carbonyl (C=O) groups is 1. The number of ether oxygens (including phenoxy) is 2. The zero-order valence-electron chi connectivity index (χ0n) is 27.6. The molecule has 11 heteroatoms. The molecule has 3 aromatic heterocycles. The first kappa shape index (κ1) is 30.1. The van der Waals surface area contributed by atoms with E-state index in [2.05, 4.69) is 50.4 Å². The third-order valence-corrected chi connectivity index (χ3v) is 10.3. The van der Waals surface area contributed by atoms with E-state index in [4.69, 9.17) is 24.5 Å². The lowest BCUT2D eigenvalue weighted by Gasteiger charge is -2.43. The summed E-state index contributed by atoms with van der Waals surface area (Å²) in [5.41, 5.74) is 5.60. The number of anilines is 3. The summed E-state index contributed by atoms with van der Waals surface area (Å²) >= 11 is 0. The Bertz CT molecular complexity index is 1780. The summed E-state index contributed by atoms with van der Waals surface area (Å²) in [4.78, 5) is 32.6. The summed E-state index contributed by atoms with van der Waals surface area (Å²) in [5, 5.41) is 8.43. The van der Waals surface area contributed by atoms with Gasteiger partial charge >= 0.3 is 6.09 Å². The number of aromatic nitrogens is 5. The predicted octanol–water partition coefficient (Wildman–Crippen LogP) is 6.41. The van der Waals surface area contributed by atoms with Crippen molar-refractivity contribution in [1.82, 2.24) is 30.0 Å². The van der Waals surface area contributed by atoms with E-state index < -0.39 is 5.60 Å². The van der Waals surface area contributed by atoms with Crippen LogP contribution in [0.3, 0.4) is 0 Å². The smallest absolute Gasteiger partial charge is 0.408 e. The normalized spacial score (nSPS) is 22.3. The molecular weight excluding hydrogens is 592 g/mol. The zero-order valence-corrected chi connectivity index (χ0v) is 27.6. The van der Waals surface area contributed by atoms with Gasteiger partial charge in [0, 0.05) is 37.9 Å². The van der Waals surface area contributed by atoms with Crippen LogP contribution in [0.2, 0.25) is 0 Å². The van der Waals surface area contributed by atoms with E-state index in [1.165, 1.54) is 11.1 Å². The van der Waals surface area contributed by atoms with Crippen molar-refractivity contribution < 1.29 is 14.3 Å². The van der Waals surface area contributed by atoms with Gasteiger partial charge in [-0.05, 0) is 95.4 Å². The monoisotopic (exact) mass is 636 g/mol. The minimum absolute atomic E-state index is 0.0881. The highest BCUT2D eigenvalue weighted by Gasteiger charge is 2.49. The van der Waals surface area contributed by atoms with Crippen LogP contribution >= 0.6 is 0 Å². The Balaban J connectivity index is 1.09. The van der Waals surface area contributed by atoms with Crippen molar-refractivity contribution >= 4 is 34.6 Å². The molecule has 1 N–H and O–H groups in total. The van der Waals surface area contributed by atoms with E-state index in [0.29, 0.717) is 0 Å². The van der Waals surface area contributed by atoms with E-state index in [1.807, 2.05) is 43.9 Å². The van der Waals surface area contributed by atoms with E-state index in [1.54, 1.807) is 0 Å². The van der Waals surface area contributed by atoms with Gasteiger partial charge in [-0.3, -0.25) is 4.98 Å². The summed E-state index contributed by atoms with van der Waals surface area (Å²) in [6.07, 6.45) is 11.0. The second-order valence-corrected chi connectivity index (χ2v) is 14.5. The van der Waals surface area contributed by atoms with Crippen molar-refractivity contribution in [3.8, 4) is 0 Å². The van der Waals surface area contributed by atoms with Crippen LogP contribution in [0.15, 0.2) is 48.8 Å². The molecule has 1 spiro atoms.